The highest BCUT2D eigenvalue weighted by Crippen LogP contribution is 2.44. The molecule has 0 atom stereocenters. The van der Waals surface area contributed by atoms with Crippen molar-refractivity contribution in [1.29, 1.82) is 0 Å². The third-order valence-corrected chi connectivity index (χ3v) is 9.34. The lowest BCUT2D eigenvalue weighted by Gasteiger charge is -2.25. The summed E-state index contributed by atoms with van der Waals surface area (Å²) >= 11 is 2.92. The van der Waals surface area contributed by atoms with E-state index in [4.69, 9.17) is 11.5 Å². The molecule has 4 aromatic carbocycles. The number of rotatable bonds is 4. The Balaban J connectivity index is 1.57. The van der Waals surface area contributed by atoms with Crippen LogP contribution in [0.2, 0.25) is 0 Å². The van der Waals surface area contributed by atoms with Crippen LogP contribution in [0.5, 0.6) is 0 Å². The molecule has 0 amide bonds. The number of fused-ring (bicyclic) bond motifs is 2. The second kappa shape index (κ2) is 10.2. The Bertz CT molecular complexity index is 1520. The Kier molecular flexibility index (Phi) is 7.13. The van der Waals surface area contributed by atoms with Crippen molar-refractivity contribution in [1.82, 2.24) is 0 Å². The molecule has 4 N–H and O–H groups in total. The van der Waals surface area contributed by atoms with Crippen LogP contribution in [-0.2, 0) is 10.8 Å². The summed E-state index contributed by atoms with van der Waals surface area (Å²) in [6.45, 7) is 13.0. The van der Waals surface area contributed by atoms with Crippen molar-refractivity contribution in [2.75, 3.05) is 11.5 Å². The van der Waals surface area contributed by atoms with Crippen molar-refractivity contribution in [3.8, 4) is 0 Å². The van der Waals surface area contributed by atoms with Gasteiger partial charge in [-0.15, -0.1) is 0 Å². The highest BCUT2D eigenvalue weighted by atomic mass is 32.2. The minimum Gasteiger partial charge on any atom is -0.398 e. The monoisotopic (exact) mass is 566 g/mol. The van der Waals surface area contributed by atoms with Gasteiger partial charge in [-0.05, 0) is 70.5 Å². The summed E-state index contributed by atoms with van der Waals surface area (Å²) in [5, 5.41) is 0. The van der Waals surface area contributed by atoms with Crippen LogP contribution in [-0.4, -0.2) is 11.6 Å². The zero-order valence-corrected chi connectivity index (χ0v) is 25.3. The second-order valence-electron chi connectivity index (χ2n) is 12.2. The molecule has 204 valence electrons. The fourth-order valence-corrected chi connectivity index (χ4v) is 6.78. The van der Waals surface area contributed by atoms with Gasteiger partial charge in [-0.2, -0.15) is 0 Å². The maximum atomic E-state index is 14.3. The fourth-order valence-electron chi connectivity index (χ4n) is 4.86. The summed E-state index contributed by atoms with van der Waals surface area (Å²) in [6, 6.07) is 23.7. The quantitative estimate of drug-likeness (QED) is 0.212. The molecular weight excluding hydrogens is 533 g/mol. The van der Waals surface area contributed by atoms with Gasteiger partial charge in [0, 0.05) is 42.1 Å². The van der Waals surface area contributed by atoms with Gasteiger partial charge >= 0.3 is 0 Å². The van der Waals surface area contributed by atoms with E-state index in [1.807, 2.05) is 12.1 Å². The Hall–Kier alpha value is -3.48. The molecule has 0 fully saturated rings. The SMILES string of the molecule is CC(C)(C)c1ccc(Sc2ccc(N)c3c2C(=O)c2c(Sc4ccc(C(C)(C)C)cc4)ccc(N)c2C3=O)cc1. The third kappa shape index (κ3) is 5.18. The number of hydrogen-bond acceptors (Lipinski definition) is 6. The molecule has 4 aromatic rings. The summed E-state index contributed by atoms with van der Waals surface area (Å²) in [6.07, 6.45) is 0. The first-order chi connectivity index (χ1) is 18.8. The van der Waals surface area contributed by atoms with E-state index < -0.39 is 0 Å². The Labute approximate surface area is 244 Å². The first kappa shape index (κ1) is 28.1. The van der Waals surface area contributed by atoms with E-state index in [1.165, 1.54) is 34.7 Å². The molecule has 1 aliphatic rings. The average Bonchev–Trinajstić information content (AvgIpc) is 2.88. The van der Waals surface area contributed by atoms with Crippen molar-refractivity contribution in [2.45, 2.75) is 72.0 Å². The molecule has 0 aliphatic heterocycles. The van der Waals surface area contributed by atoms with Crippen LogP contribution in [0, 0.1) is 0 Å². The standard InChI is InChI=1S/C34H34N2O2S2/c1-33(2,3)19-7-11-21(12-8-19)39-25-17-15-23(35)27-29(25)32(38)30-26(18-16-24(36)28(30)31(27)37)40-22-13-9-20(10-14-22)34(4,5)6/h7-18H,35-36H2,1-6H3. The lowest BCUT2D eigenvalue weighted by molar-refractivity contribution is 0.0976. The first-order valence-corrected chi connectivity index (χ1v) is 14.9. The van der Waals surface area contributed by atoms with E-state index in [-0.39, 0.29) is 44.9 Å². The molecule has 0 radical (unpaired) electrons. The van der Waals surface area contributed by atoms with Crippen molar-refractivity contribution in [2.24, 2.45) is 0 Å². The van der Waals surface area contributed by atoms with Gasteiger partial charge in [0.2, 0.25) is 0 Å². The molecule has 0 saturated heterocycles. The van der Waals surface area contributed by atoms with Gasteiger partial charge in [-0.3, -0.25) is 9.59 Å². The van der Waals surface area contributed by atoms with Crippen molar-refractivity contribution >= 4 is 46.5 Å². The van der Waals surface area contributed by atoms with E-state index in [2.05, 4.69) is 90.1 Å². The van der Waals surface area contributed by atoms with Crippen molar-refractivity contribution in [3.05, 3.63) is 106 Å². The lowest BCUT2D eigenvalue weighted by Crippen LogP contribution is -2.25. The number of ketones is 2. The van der Waals surface area contributed by atoms with Crippen LogP contribution in [0.3, 0.4) is 0 Å². The van der Waals surface area contributed by atoms with Gasteiger partial charge in [0.15, 0.2) is 11.6 Å². The minimum atomic E-state index is -0.310. The molecule has 5 rings (SSSR count). The normalized spacial score (nSPS) is 13.2. The predicted octanol–water partition coefficient (Wildman–Crippen LogP) is 8.52. The molecule has 0 saturated carbocycles. The average molecular weight is 567 g/mol. The molecule has 40 heavy (non-hydrogen) atoms. The summed E-state index contributed by atoms with van der Waals surface area (Å²) < 4.78 is 0. The Morgan fingerprint density at radius 1 is 0.475 bits per heavy atom. The van der Waals surface area contributed by atoms with Crippen LogP contribution in [0.4, 0.5) is 11.4 Å². The van der Waals surface area contributed by atoms with Gasteiger partial charge in [0.05, 0.1) is 11.1 Å². The van der Waals surface area contributed by atoms with Crippen LogP contribution < -0.4 is 11.5 Å². The Morgan fingerprint density at radius 3 is 1.12 bits per heavy atom. The van der Waals surface area contributed by atoms with Crippen molar-refractivity contribution in [3.63, 3.8) is 0 Å². The number of carbonyl (C=O) groups is 2. The van der Waals surface area contributed by atoms with E-state index in [1.54, 1.807) is 12.1 Å². The number of benzene rings is 4. The first-order valence-electron chi connectivity index (χ1n) is 13.3. The number of carbonyl (C=O) groups excluding carboxylic acids is 2. The Morgan fingerprint density at radius 2 is 0.800 bits per heavy atom. The minimum absolute atomic E-state index is 0.0384. The highest BCUT2D eigenvalue weighted by molar-refractivity contribution is 7.99. The van der Waals surface area contributed by atoms with Gasteiger partial charge < -0.3 is 11.5 Å². The molecule has 0 bridgehead atoms. The van der Waals surface area contributed by atoms with E-state index in [0.29, 0.717) is 20.9 Å². The molecular formula is C34H34N2O2S2. The predicted molar refractivity (Wildman–Crippen MR) is 167 cm³/mol. The number of anilines is 2. The third-order valence-electron chi connectivity index (χ3n) is 7.20. The fraction of sp³-hybridized carbons (Fsp3) is 0.235. The smallest absolute Gasteiger partial charge is 0.198 e. The maximum Gasteiger partial charge on any atom is 0.198 e. The molecule has 4 nitrogen and oxygen atoms in total. The van der Waals surface area contributed by atoms with E-state index in [9.17, 15) is 9.59 Å². The molecule has 6 heteroatoms. The van der Waals surface area contributed by atoms with E-state index >= 15 is 0 Å². The zero-order chi connectivity index (χ0) is 29.0. The number of hydrogen-bond donors (Lipinski definition) is 2. The van der Waals surface area contributed by atoms with Gasteiger partial charge in [-0.25, -0.2) is 0 Å². The number of nitrogen functional groups attached to an aromatic ring is 2. The van der Waals surface area contributed by atoms with Crippen LogP contribution in [0.15, 0.2) is 92.4 Å². The second-order valence-corrected chi connectivity index (χ2v) is 14.4. The van der Waals surface area contributed by atoms with Crippen LogP contribution in [0.1, 0.15) is 84.5 Å². The summed E-state index contributed by atoms with van der Waals surface area (Å²) in [7, 11) is 0. The highest BCUT2D eigenvalue weighted by Gasteiger charge is 2.37. The largest absolute Gasteiger partial charge is 0.398 e. The van der Waals surface area contributed by atoms with Gasteiger partial charge in [-0.1, -0.05) is 89.3 Å². The molecule has 0 aromatic heterocycles. The zero-order valence-electron chi connectivity index (χ0n) is 23.7. The van der Waals surface area contributed by atoms with Crippen molar-refractivity contribution < 1.29 is 9.59 Å². The topological polar surface area (TPSA) is 86.2 Å². The van der Waals surface area contributed by atoms with Gasteiger partial charge in [0.1, 0.15) is 0 Å². The van der Waals surface area contributed by atoms with E-state index in [0.717, 1.165) is 9.79 Å². The summed E-state index contributed by atoms with van der Waals surface area (Å²) in [5.41, 5.74) is 16.9. The van der Waals surface area contributed by atoms with Gasteiger partial charge in [0.25, 0.3) is 0 Å². The lowest BCUT2D eigenvalue weighted by atomic mass is 9.82. The maximum absolute atomic E-state index is 14.3. The van der Waals surface area contributed by atoms with Crippen LogP contribution >= 0.6 is 23.5 Å². The summed E-state index contributed by atoms with van der Waals surface area (Å²) in [4.78, 5) is 31.5. The molecule has 0 spiro atoms. The summed E-state index contributed by atoms with van der Waals surface area (Å²) in [5.74, 6) is -0.539. The molecule has 0 heterocycles. The molecule has 1 aliphatic carbocycles. The number of nitrogens with two attached hydrogens (primary N) is 2. The molecule has 0 unspecified atom stereocenters. The van der Waals surface area contributed by atoms with Crippen LogP contribution in [0.25, 0.3) is 0 Å².